The minimum atomic E-state index is -0.185. The predicted molar refractivity (Wildman–Crippen MR) is 56.7 cm³/mol. The molecule has 1 atom stereocenters. The van der Waals surface area contributed by atoms with Crippen LogP contribution in [0.3, 0.4) is 0 Å². The summed E-state index contributed by atoms with van der Waals surface area (Å²) in [5, 5.41) is 0. The molecular weight excluding hydrogens is 174 g/mol. The number of aromatic nitrogens is 2. The first-order valence-electron chi connectivity index (χ1n) is 4.40. The van der Waals surface area contributed by atoms with Gasteiger partial charge in [0.15, 0.2) is 0 Å². The van der Waals surface area contributed by atoms with E-state index in [0.717, 1.165) is 16.6 Å². The lowest BCUT2D eigenvalue weighted by Crippen LogP contribution is -2.07. The lowest BCUT2D eigenvalue weighted by Gasteiger charge is -2.08. The molecule has 0 saturated carbocycles. The van der Waals surface area contributed by atoms with Crippen LogP contribution in [-0.2, 0) is 0 Å². The van der Waals surface area contributed by atoms with Crippen molar-refractivity contribution in [3.8, 4) is 0 Å². The van der Waals surface area contributed by atoms with Gasteiger partial charge in [-0.3, -0.25) is 9.97 Å². The van der Waals surface area contributed by atoms with Crippen molar-refractivity contribution in [2.45, 2.75) is 6.04 Å². The Kier molecular flexibility index (Phi) is 2.24. The average molecular weight is 185 g/mol. The molecule has 0 saturated heterocycles. The summed E-state index contributed by atoms with van der Waals surface area (Å²) in [5.74, 6) is 0. The molecule has 0 unspecified atom stereocenters. The average Bonchev–Trinajstić information content (AvgIpc) is 2.27. The maximum Gasteiger partial charge on any atom is 0.0937 e. The first-order chi connectivity index (χ1) is 6.83. The van der Waals surface area contributed by atoms with Crippen LogP contribution in [0, 0.1) is 0 Å². The summed E-state index contributed by atoms with van der Waals surface area (Å²) in [7, 11) is 0. The third kappa shape index (κ3) is 1.38. The van der Waals surface area contributed by atoms with Crippen molar-refractivity contribution in [2.75, 3.05) is 0 Å². The molecule has 14 heavy (non-hydrogen) atoms. The molecule has 3 heteroatoms. The van der Waals surface area contributed by atoms with E-state index >= 15 is 0 Å². The Balaban J connectivity index is 2.70. The van der Waals surface area contributed by atoms with Crippen molar-refractivity contribution in [3.63, 3.8) is 0 Å². The molecule has 1 aromatic heterocycles. The molecule has 0 aliphatic rings. The van der Waals surface area contributed by atoms with Crippen LogP contribution in [0.25, 0.3) is 11.0 Å². The van der Waals surface area contributed by atoms with Crippen molar-refractivity contribution < 1.29 is 0 Å². The van der Waals surface area contributed by atoms with Gasteiger partial charge in [0.05, 0.1) is 17.1 Å². The Morgan fingerprint density at radius 3 is 2.86 bits per heavy atom. The minimum absolute atomic E-state index is 0.185. The monoisotopic (exact) mass is 185 g/mol. The van der Waals surface area contributed by atoms with Gasteiger partial charge in [0, 0.05) is 18.0 Å². The van der Waals surface area contributed by atoms with Crippen LogP contribution >= 0.6 is 0 Å². The van der Waals surface area contributed by atoms with E-state index in [-0.39, 0.29) is 6.04 Å². The van der Waals surface area contributed by atoms with Crippen LogP contribution in [0.4, 0.5) is 0 Å². The van der Waals surface area contributed by atoms with Crippen LogP contribution in [0.1, 0.15) is 11.6 Å². The quantitative estimate of drug-likeness (QED) is 0.726. The minimum Gasteiger partial charge on any atom is -0.321 e. The number of nitrogens with zero attached hydrogens (tertiary/aromatic N) is 2. The number of rotatable bonds is 2. The van der Waals surface area contributed by atoms with E-state index in [1.165, 1.54) is 0 Å². The number of hydrogen-bond donors (Lipinski definition) is 1. The van der Waals surface area contributed by atoms with E-state index in [9.17, 15) is 0 Å². The van der Waals surface area contributed by atoms with Gasteiger partial charge >= 0.3 is 0 Å². The number of para-hydroxylation sites is 1. The number of nitrogens with two attached hydrogens (primary N) is 1. The fourth-order valence-corrected chi connectivity index (χ4v) is 1.41. The molecule has 0 radical (unpaired) electrons. The molecule has 1 heterocycles. The van der Waals surface area contributed by atoms with Gasteiger partial charge in [-0.15, -0.1) is 6.58 Å². The Bertz CT molecular complexity index is 460. The second kappa shape index (κ2) is 3.55. The molecular formula is C11H11N3. The van der Waals surface area contributed by atoms with Crippen molar-refractivity contribution in [1.29, 1.82) is 0 Å². The molecule has 2 aromatic rings. The van der Waals surface area contributed by atoms with Gasteiger partial charge in [0.25, 0.3) is 0 Å². The molecule has 2 rings (SSSR count). The highest BCUT2D eigenvalue weighted by atomic mass is 14.8. The molecule has 1 aromatic carbocycles. The summed E-state index contributed by atoms with van der Waals surface area (Å²) in [4.78, 5) is 8.47. The van der Waals surface area contributed by atoms with Gasteiger partial charge in [0.2, 0.25) is 0 Å². The normalized spacial score (nSPS) is 12.6. The van der Waals surface area contributed by atoms with E-state index in [1.54, 1.807) is 18.5 Å². The molecule has 70 valence electrons. The standard InChI is InChI=1S/C11H11N3/c1-2-9(12)8-4-3-5-10-11(8)14-7-6-13-10/h2-7,9H,1,12H2/t9-/m1/s1. The fraction of sp³-hybridized carbons (Fsp3) is 0.0909. The van der Waals surface area contributed by atoms with Crippen LogP contribution in [-0.4, -0.2) is 9.97 Å². The number of benzene rings is 1. The van der Waals surface area contributed by atoms with Crippen molar-refractivity contribution in [1.82, 2.24) is 9.97 Å². The third-order valence-electron chi connectivity index (χ3n) is 2.14. The van der Waals surface area contributed by atoms with E-state index in [1.807, 2.05) is 18.2 Å². The molecule has 0 spiro atoms. The van der Waals surface area contributed by atoms with Gasteiger partial charge in [-0.1, -0.05) is 18.2 Å². The zero-order chi connectivity index (χ0) is 9.97. The second-order valence-electron chi connectivity index (χ2n) is 3.03. The molecule has 2 N–H and O–H groups in total. The van der Waals surface area contributed by atoms with Gasteiger partial charge < -0.3 is 5.73 Å². The van der Waals surface area contributed by atoms with Crippen molar-refractivity contribution in [3.05, 3.63) is 48.8 Å². The van der Waals surface area contributed by atoms with E-state index < -0.39 is 0 Å². The summed E-state index contributed by atoms with van der Waals surface area (Å²) in [5.41, 5.74) is 8.55. The Hall–Kier alpha value is -1.74. The van der Waals surface area contributed by atoms with E-state index in [2.05, 4.69) is 16.5 Å². The van der Waals surface area contributed by atoms with Gasteiger partial charge in [0.1, 0.15) is 0 Å². The number of fused-ring (bicyclic) bond motifs is 1. The Morgan fingerprint density at radius 2 is 2.07 bits per heavy atom. The van der Waals surface area contributed by atoms with Gasteiger partial charge in [-0.25, -0.2) is 0 Å². The van der Waals surface area contributed by atoms with Crippen LogP contribution in [0.5, 0.6) is 0 Å². The van der Waals surface area contributed by atoms with Crippen molar-refractivity contribution in [2.24, 2.45) is 5.73 Å². The highest BCUT2D eigenvalue weighted by Crippen LogP contribution is 2.19. The zero-order valence-electron chi connectivity index (χ0n) is 7.72. The second-order valence-corrected chi connectivity index (χ2v) is 3.03. The molecule has 0 amide bonds. The first kappa shape index (κ1) is 8.84. The maximum absolute atomic E-state index is 5.87. The van der Waals surface area contributed by atoms with Crippen LogP contribution in [0.15, 0.2) is 43.2 Å². The molecule has 3 nitrogen and oxygen atoms in total. The number of hydrogen-bond acceptors (Lipinski definition) is 3. The Labute approximate surface area is 82.3 Å². The lowest BCUT2D eigenvalue weighted by molar-refractivity contribution is 0.919. The topological polar surface area (TPSA) is 51.8 Å². The SMILES string of the molecule is C=C[C@@H](N)c1cccc2nccnc12. The molecule has 0 bridgehead atoms. The fourth-order valence-electron chi connectivity index (χ4n) is 1.41. The summed E-state index contributed by atoms with van der Waals surface area (Å²) in [6, 6.07) is 5.61. The Morgan fingerprint density at radius 1 is 1.29 bits per heavy atom. The lowest BCUT2D eigenvalue weighted by atomic mass is 10.1. The molecule has 0 aliphatic carbocycles. The molecule has 0 fully saturated rings. The molecule has 0 aliphatic heterocycles. The maximum atomic E-state index is 5.87. The smallest absolute Gasteiger partial charge is 0.0937 e. The highest BCUT2D eigenvalue weighted by molar-refractivity contribution is 5.78. The van der Waals surface area contributed by atoms with Gasteiger partial charge in [-0.05, 0) is 6.07 Å². The summed E-state index contributed by atoms with van der Waals surface area (Å²) >= 11 is 0. The van der Waals surface area contributed by atoms with E-state index in [0.29, 0.717) is 0 Å². The highest BCUT2D eigenvalue weighted by Gasteiger charge is 2.06. The van der Waals surface area contributed by atoms with Crippen molar-refractivity contribution >= 4 is 11.0 Å². The largest absolute Gasteiger partial charge is 0.321 e. The first-order valence-corrected chi connectivity index (χ1v) is 4.40. The van der Waals surface area contributed by atoms with Crippen LogP contribution < -0.4 is 5.73 Å². The van der Waals surface area contributed by atoms with E-state index in [4.69, 9.17) is 5.73 Å². The predicted octanol–water partition coefficient (Wildman–Crippen LogP) is 1.82. The summed E-state index contributed by atoms with van der Waals surface area (Å²) in [6.07, 6.45) is 5.04. The zero-order valence-corrected chi connectivity index (χ0v) is 7.72. The third-order valence-corrected chi connectivity index (χ3v) is 2.14. The van der Waals surface area contributed by atoms with Crippen LogP contribution in [0.2, 0.25) is 0 Å². The summed E-state index contributed by atoms with van der Waals surface area (Å²) in [6.45, 7) is 3.67. The van der Waals surface area contributed by atoms with Gasteiger partial charge in [-0.2, -0.15) is 0 Å². The summed E-state index contributed by atoms with van der Waals surface area (Å²) < 4.78 is 0.